The third-order valence-corrected chi connectivity index (χ3v) is 6.78. The Kier molecular flexibility index (Phi) is 4.74. The van der Waals surface area contributed by atoms with Crippen molar-refractivity contribution in [2.75, 3.05) is 19.3 Å². The minimum absolute atomic E-state index is 0.166. The second-order valence-electron chi connectivity index (χ2n) is 5.00. The van der Waals surface area contributed by atoms with Gasteiger partial charge in [-0.1, -0.05) is 0 Å². The highest BCUT2D eigenvalue weighted by atomic mass is 32.2. The van der Waals surface area contributed by atoms with Gasteiger partial charge in [0.2, 0.25) is 10.0 Å². The fraction of sp³-hybridized carbons (Fsp3) is 1.00. The molecule has 2 aliphatic rings. The fourth-order valence-corrected chi connectivity index (χ4v) is 5.16. The van der Waals surface area contributed by atoms with Gasteiger partial charge in [0.1, 0.15) is 0 Å². The molecule has 4 nitrogen and oxygen atoms in total. The molecule has 100 valence electrons. The van der Waals surface area contributed by atoms with E-state index in [9.17, 15) is 8.42 Å². The maximum absolute atomic E-state index is 12.2. The number of hydrogen-bond donors (Lipinski definition) is 2. The monoisotopic (exact) mass is 278 g/mol. The molecular weight excluding hydrogens is 256 g/mol. The summed E-state index contributed by atoms with van der Waals surface area (Å²) in [4.78, 5) is 0. The van der Waals surface area contributed by atoms with Crippen molar-refractivity contribution >= 4 is 21.8 Å². The summed E-state index contributed by atoms with van der Waals surface area (Å²) in [7, 11) is -3.12. The highest BCUT2D eigenvalue weighted by Gasteiger charge is 2.32. The van der Waals surface area contributed by atoms with Crippen molar-refractivity contribution < 1.29 is 8.42 Å². The van der Waals surface area contributed by atoms with E-state index >= 15 is 0 Å². The third kappa shape index (κ3) is 3.59. The maximum atomic E-state index is 12.2. The van der Waals surface area contributed by atoms with E-state index < -0.39 is 10.0 Å². The van der Waals surface area contributed by atoms with Crippen LogP contribution >= 0.6 is 11.8 Å². The van der Waals surface area contributed by atoms with E-state index in [1.807, 2.05) is 11.8 Å². The lowest BCUT2D eigenvalue weighted by atomic mass is 10.2. The van der Waals surface area contributed by atoms with E-state index in [1.165, 1.54) is 0 Å². The van der Waals surface area contributed by atoms with Crippen molar-refractivity contribution in [3.63, 3.8) is 0 Å². The first-order valence-electron chi connectivity index (χ1n) is 6.36. The van der Waals surface area contributed by atoms with Gasteiger partial charge in [0.25, 0.3) is 0 Å². The van der Waals surface area contributed by atoms with Crippen LogP contribution < -0.4 is 10.0 Å². The van der Waals surface area contributed by atoms with E-state index in [1.54, 1.807) is 0 Å². The number of nitrogens with one attached hydrogen (secondary N) is 2. The molecule has 0 aromatic heterocycles. The van der Waals surface area contributed by atoms with Crippen LogP contribution in [-0.4, -0.2) is 44.3 Å². The molecule has 1 saturated carbocycles. The van der Waals surface area contributed by atoms with Gasteiger partial charge in [-0.05, 0) is 44.9 Å². The van der Waals surface area contributed by atoms with Crippen LogP contribution in [-0.2, 0) is 10.0 Å². The van der Waals surface area contributed by atoms with Crippen LogP contribution in [0.4, 0.5) is 0 Å². The molecule has 1 aliphatic carbocycles. The first-order chi connectivity index (χ1) is 8.12. The molecule has 0 amide bonds. The Morgan fingerprint density at radius 1 is 1.29 bits per heavy atom. The van der Waals surface area contributed by atoms with E-state index in [0.717, 1.165) is 38.6 Å². The van der Waals surface area contributed by atoms with Crippen LogP contribution in [0.2, 0.25) is 0 Å². The number of hydrogen-bond acceptors (Lipinski definition) is 4. The molecule has 0 aromatic rings. The Morgan fingerprint density at radius 2 is 2.12 bits per heavy atom. The van der Waals surface area contributed by atoms with Gasteiger partial charge in [-0.2, -0.15) is 11.8 Å². The summed E-state index contributed by atoms with van der Waals surface area (Å²) >= 11 is 1.85. The minimum atomic E-state index is -3.12. The van der Waals surface area contributed by atoms with Crippen LogP contribution in [0.15, 0.2) is 0 Å². The third-order valence-electron chi connectivity index (χ3n) is 3.74. The predicted octanol–water partition coefficient (Wildman–Crippen LogP) is 0.942. The molecule has 3 unspecified atom stereocenters. The fourth-order valence-electron chi connectivity index (χ4n) is 2.67. The van der Waals surface area contributed by atoms with Gasteiger partial charge in [-0.25, -0.2) is 13.1 Å². The largest absolute Gasteiger partial charge is 0.315 e. The van der Waals surface area contributed by atoms with Gasteiger partial charge >= 0.3 is 0 Å². The zero-order chi connectivity index (χ0) is 12.3. The Labute approximate surface area is 108 Å². The lowest BCUT2D eigenvalue weighted by Crippen LogP contribution is -2.46. The van der Waals surface area contributed by atoms with Crippen molar-refractivity contribution in [1.82, 2.24) is 10.0 Å². The average Bonchev–Trinajstić information content (AvgIpc) is 2.77. The average molecular weight is 278 g/mol. The molecule has 0 bridgehead atoms. The Hall–Kier alpha value is 0.220. The molecule has 17 heavy (non-hydrogen) atoms. The maximum Gasteiger partial charge on any atom is 0.215 e. The number of thioether (sulfide) groups is 1. The summed E-state index contributed by atoms with van der Waals surface area (Å²) in [5, 5.41) is 3.56. The first-order valence-corrected chi connectivity index (χ1v) is 9.20. The van der Waals surface area contributed by atoms with Crippen LogP contribution in [0.3, 0.4) is 0 Å². The van der Waals surface area contributed by atoms with E-state index in [0.29, 0.717) is 11.8 Å². The zero-order valence-corrected chi connectivity index (χ0v) is 11.9. The molecule has 1 saturated heterocycles. The van der Waals surface area contributed by atoms with Crippen molar-refractivity contribution in [3.8, 4) is 0 Å². The summed E-state index contributed by atoms with van der Waals surface area (Å²) < 4.78 is 27.3. The molecule has 2 fully saturated rings. The molecule has 1 heterocycles. The van der Waals surface area contributed by atoms with Crippen molar-refractivity contribution in [2.24, 2.45) is 0 Å². The topological polar surface area (TPSA) is 58.2 Å². The molecule has 2 rings (SSSR count). The quantitative estimate of drug-likeness (QED) is 0.803. The summed E-state index contributed by atoms with van der Waals surface area (Å²) in [6, 6.07) is 0.166. The van der Waals surface area contributed by atoms with Crippen LogP contribution in [0, 0.1) is 0 Å². The molecule has 1 aliphatic heterocycles. The second-order valence-corrected chi connectivity index (χ2v) is 8.13. The van der Waals surface area contributed by atoms with E-state index in [-0.39, 0.29) is 11.3 Å². The van der Waals surface area contributed by atoms with Gasteiger partial charge in [-0.3, -0.25) is 0 Å². The SMILES string of the molecule is CSC1CCC(NS(=O)(=O)C2CCCNC2)C1. The lowest BCUT2D eigenvalue weighted by molar-refractivity contribution is 0.481. The van der Waals surface area contributed by atoms with Gasteiger partial charge in [0, 0.05) is 17.8 Å². The smallest absolute Gasteiger partial charge is 0.215 e. The molecule has 3 atom stereocenters. The highest BCUT2D eigenvalue weighted by Crippen LogP contribution is 2.29. The Bertz CT molecular complexity index is 339. The first kappa shape index (κ1) is 13.6. The summed E-state index contributed by atoms with van der Waals surface area (Å²) in [5.74, 6) is 0. The van der Waals surface area contributed by atoms with Crippen LogP contribution in [0.5, 0.6) is 0 Å². The standard InChI is InChI=1S/C11H22N2O2S2/c1-16-10-5-4-9(7-10)13-17(14,15)11-3-2-6-12-8-11/h9-13H,2-8H2,1H3. The molecule has 2 N–H and O–H groups in total. The summed E-state index contributed by atoms with van der Waals surface area (Å²) in [6.07, 6.45) is 6.97. The highest BCUT2D eigenvalue weighted by molar-refractivity contribution is 7.99. The van der Waals surface area contributed by atoms with Gasteiger partial charge in [0.05, 0.1) is 5.25 Å². The van der Waals surface area contributed by atoms with E-state index in [2.05, 4.69) is 16.3 Å². The number of sulfonamides is 1. The lowest BCUT2D eigenvalue weighted by Gasteiger charge is -2.24. The van der Waals surface area contributed by atoms with Gasteiger partial charge in [-0.15, -0.1) is 0 Å². The van der Waals surface area contributed by atoms with Crippen molar-refractivity contribution in [2.45, 2.75) is 48.6 Å². The van der Waals surface area contributed by atoms with E-state index in [4.69, 9.17) is 0 Å². The molecule has 0 radical (unpaired) electrons. The molecule has 0 spiro atoms. The summed E-state index contributed by atoms with van der Waals surface area (Å²) in [6.45, 7) is 1.55. The van der Waals surface area contributed by atoms with Gasteiger partial charge < -0.3 is 5.32 Å². The van der Waals surface area contributed by atoms with Crippen molar-refractivity contribution in [1.29, 1.82) is 0 Å². The zero-order valence-electron chi connectivity index (χ0n) is 10.3. The second kappa shape index (κ2) is 5.91. The number of rotatable bonds is 4. The summed E-state index contributed by atoms with van der Waals surface area (Å²) in [5.41, 5.74) is 0. The Morgan fingerprint density at radius 3 is 2.71 bits per heavy atom. The normalized spacial score (nSPS) is 35.0. The van der Waals surface area contributed by atoms with Crippen LogP contribution in [0.1, 0.15) is 32.1 Å². The molecule has 6 heteroatoms. The predicted molar refractivity (Wildman–Crippen MR) is 72.9 cm³/mol. The van der Waals surface area contributed by atoms with Crippen molar-refractivity contribution in [3.05, 3.63) is 0 Å². The van der Waals surface area contributed by atoms with Gasteiger partial charge in [0.15, 0.2) is 0 Å². The Balaban J connectivity index is 1.88. The van der Waals surface area contributed by atoms with Crippen LogP contribution in [0.25, 0.3) is 0 Å². The minimum Gasteiger partial charge on any atom is -0.315 e. The molecular formula is C11H22N2O2S2. The number of piperidine rings is 1. The molecule has 0 aromatic carbocycles.